The van der Waals surface area contributed by atoms with E-state index in [0.717, 1.165) is 11.5 Å². The SMILES string of the molecule is C=CCNC(=O)c1sc(NCC(CC)CCCC)cc1N. The van der Waals surface area contributed by atoms with E-state index in [0.29, 0.717) is 23.0 Å². The fourth-order valence-electron chi connectivity index (χ4n) is 2.10. The van der Waals surface area contributed by atoms with Crippen LogP contribution in [0.1, 0.15) is 49.2 Å². The number of carbonyl (C=O) groups is 1. The van der Waals surface area contributed by atoms with Crippen LogP contribution in [0.2, 0.25) is 0 Å². The number of carbonyl (C=O) groups excluding carboxylic acids is 1. The standard InChI is InChI=1S/C16H27N3OS/c1-4-7-8-12(6-3)11-19-14-10-13(17)15(21-14)16(20)18-9-5-2/h5,10,12,19H,2,4,6-9,11,17H2,1,3H3,(H,18,20). The molecule has 1 aromatic heterocycles. The molecule has 0 fully saturated rings. The van der Waals surface area contributed by atoms with Crippen LogP contribution >= 0.6 is 11.3 Å². The molecule has 0 saturated heterocycles. The molecule has 1 amide bonds. The van der Waals surface area contributed by atoms with Crippen LogP contribution in [-0.4, -0.2) is 19.0 Å². The van der Waals surface area contributed by atoms with E-state index in [1.54, 1.807) is 6.08 Å². The Labute approximate surface area is 131 Å². The minimum absolute atomic E-state index is 0.136. The highest BCUT2D eigenvalue weighted by Crippen LogP contribution is 2.29. The van der Waals surface area contributed by atoms with Crippen LogP contribution in [0, 0.1) is 5.92 Å². The number of rotatable bonds is 10. The Morgan fingerprint density at radius 3 is 2.90 bits per heavy atom. The van der Waals surface area contributed by atoms with E-state index < -0.39 is 0 Å². The van der Waals surface area contributed by atoms with E-state index in [1.165, 1.54) is 37.0 Å². The molecule has 1 heterocycles. The molecule has 0 spiro atoms. The van der Waals surface area contributed by atoms with Gasteiger partial charge in [0.1, 0.15) is 4.88 Å². The van der Waals surface area contributed by atoms with Gasteiger partial charge in [-0.15, -0.1) is 17.9 Å². The van der Waals surface area contributed by atoms with Crippen LogP contribution < -0.4 is 16.4 Å². The summed E-state index contributed by atoms with van der Waals surface area (Å²) in [6.45, 7) is 9.41. The summed E-state index contributed by atoms with van der Waals surface area (Å²) >= 11 is 1.41. The Kier molecular flexibility index (Phi) is 7.90. The summed E-state index contributed by atoms with van der Waals surface area (Å²) in [6, 6.07) is 1.85. The summed E-state index contributed by atoms with van der Waals surface area (Å²) in [5.41, 5.74) is 6.45. The highest BCUT2D eigenvalue weighted by atomic mass is 32.1. The molecule has 0 aliphatic heterocycles. The van der Waals surface area contributed by atoms with Crippen LogP contribution in [-0.2, 0) is 0 Å². The quantitative estimate of drug-likeness (QED) is 0.575. The van der Waals surface area contributed by atoms with Crippen LogP contribution in [0.15, 0.2) is 18.7 Å². The van der Waals surface area contributed by atoms with Gasteiger partial charge >= 0.3 is 0 Å². The molecule has 1 unspecified atom stereocenters. The van der Waals surface area contributed by atoms with Gasteiger partial charge in [0.25, 0.3) is 5.91 Å². The molecule has 0 aliphatic rings. The van der Waals surface area contributed by atoms with Crippen molar-refractivity contribution in [3.8, 4) is 0 Å². The molecule has 4 N–H and O–H groups in total. The highest BCUT2D eigenvalue weighted by molar-refractivity contribution is 7.18. The number of anilines is 2. The summed E-state index contributed by atoms with van der Waals surface area (Å²) < 4.78 is 0. The van der Waals surface area contributed by atoms with Gasteiger partial charge in [-0.05, 0) is 18.4 Å². The van der Waals surface area contributed by atoms with Gasteiger partial charge in [0.15, 0.2) is 0 Å². The summed E-state index contributed by atoms with van der Waals surface area (Å²) in [4.78, 5) is 12.5. The van der Waals surface area contributed by atoms with E-state index in [9.17, 15) is 4.79 Å². The number of thiophene rings is 1. The van der Waals surface area contributed by atoms with Crippen LogP contribution in [0.25, 0.3) is 0 Å². The average molecular weight is 309 g/mol. The fraction of sp³-hybridized carbons (Fsp3) is 0.562. The normalized spacial score (nSPS) is 11.9. The zero-order valence-electron chi connectivity index (χ0n) is 13.1. The molecule has 118 valence electrons. The number of nitrogen functional groups attached to an aromatic ring is 1. The monoisotopic (exact) mass is 309 g/mol. The smallest absolute Gasteiger partial charge is 0.263 e. The van der Waals surface area contributed by atoms with Crippen molar-refractivity contribution in [3.63, 3.8) is 0 Å². The third-order valence-electron chi connectivity index (χ3n) is 3.48. The number of hydrogen-bond acceptors (Lipinski definition) is 4. The van der Waals surface area contributed by atoms with E-state index in [2.05, 4.69) is 31.1 Å². The average Bonchev–Trinajstić information content (AvgIpc) is 2.86. The van der Waals surface area contributed by atoms with Crippen molar-refractivity contribution in [1.82, 2.24) is 5.32 Å². The maximum absolute atomic E-state index is 11.9. The molecule has 1 rings (SSSR count). The predicted octanol–water partition coefficient (Wildman–Crippen LogP) is 3.87. The van der Waals surface area contributed by atoms with E-state index >= 15 is 0 Å². The summed E-state index contributed by atoms with van der Waals surface area (Å²) in [5, 5.41) is 7.13. The maximum atomic E-state index is 11.9. The number of hydrogen-bond donors (Lipinski definition) is 3. The summed E-state index contributed by atoms with van der Waals surface area (Å²) in [6.07, 6.45) is 6.56. The number of nitrogens with one attached hydrogen (secondary N) is 2. The number of nitrogens with two attached hydrogens (primary N) is 1. The van der Waals surface area contributed by atoms with Gasteiger partial charge in [0, 0.05) is 13.1 Å². The van der Waals surface area contributed by atoms with Gasteiger partial charge in [0.2, 0.25) is 0 Å². The largest absolute Gasteiger partial charge is 0.397 e. The van der Waals surface area contributed by atoms with Gasteiger partial charge in [-0.25, -0.2) is 0 Å². The Morgan fingerprint density at radius 1 is 1.52 bits per heavy atom. The molecule has 1 aromatic rings. The maximum Gasteiger partial charge on any atom is 0.263 e. The van der Waals surface area contributed by atoms with Gasteiger partial charge in [-0.1, -0.05) is 39.2 Å². The lowest BCUT2D eigenvalue weighted by Gasteiger charge is -2.14. The molecule has 5 heteroatoms. The van der Waals surface area contributed by atoms with Gasteiger partial charge in [0.05, 0.1) is 10.7 Å². The molecule has 21 heavy (non-hydrogen) atoms. The second kappa shape index (κ2) is 9.45. The minimum atomic E-state index is -0.136. The first-order valence-electron chi connectivity index (χ1n) is 7.64. The highest BCUT2D eigenvalue weighted by Gasteiger charge is 2.14. The first kappa shape index (κ1) is 17.6. The number of unbranched alkanes of at least 4 members (excludes halogenated alkanes) is 1. The first-order valence-corrected chi connectivity index (χ1v) is 8.46. The van der Waals surface area contributed by atoms with Crippen molar-refractivity contribution in [2.45, 2.75) is 39.5 Å². The minimum Gasteiger partial charge on any atom is -0.397 e. The molecule has 1 atom stereocenters. The number of amides is 1. The molecular weight excluding hydrogens is 282 g/mol. The topological polar surface area (TPSA) is 67.2 Å². The van der Waals surface area contributed by atoms with Crippen molar-refractivity contribution in [2.75, 3.05) is 24.1 Å². The predicted molar refractivity (Wildman–Crippen MR) is 93.1 cm³/mol. The lowest BCUT2D eigenvalue weighted by atomic mass is 9.99. The lowest BCUT2D eigenvalue weighted by molar-refractivity contribution is 0.0963. The second-order valence-corrected chi connectivity index (χ2v) is 6.24. The van der Waals surface area contributed by atoms with Crippen molar-refractivity contribution in [3.05, 3.63) is 23.6 Å². The van der Waals surface area contributed by atoms with E-state index in [1.807, 2.05) is 6.07 Å². The Bertz CT molecular complexity index is 456. The summed E-state index contributed by atoms with van der Waals surface area (Å²) in [5.74, 6) is 0.537. The molecule has 0 radical (unpaired) electrons. The Hall–Kier alpha value is -1.49. The third kappa shape index (κ3) is 5.79. The van der Waals surface area contributed by atoms with Crippen molar-refractivity contribution in [1.29, 1.82) is 0 Å². The second-order valence-electron chi connectivity index (χ2n) is 5.19. The van der Waals surface area contributed by atoms with Crippen molar-refractivity contribution >= 4 is 27.9 Å². The van der Waals surface area contributed by atoms with Crippen molar-refractivity contribution < 1.29 is 4.79 Å². The van der Waals surface area contributed by atoms with E-state index in [-0.39, 0.29) is 5.91 Å². The van der Waals surface area contributed by atoms with Gasteiger partial charge in [-0.2, -0.15) is 0 Å². The fourth-order valence-corrected chi connectivity index (χ4v) is 3.01. The van der Waals surface area contributed by atoms with Gasteiger partial charge in [-0.3, -0.25) is 4.79 Å². The molecule has 0 aliphatic carbocycles. The molecule has 0 bridgehead atoms. The first-order chi connectivity index (χ1) is 10.1. The Balaban J connectivity index is 2.56. The van der Waals surface area contributed by atoms with Crippen LogP contribution in [0.3, 0.4) is 0 Å². The van der Waals surface area contributed by atoms with Crippen molar-refractivity contribution in [2.24, 2.45) is 5.92 Å². The lowest BCUT2D eigenvalue weighted by Crippen LogP contribution is -2.22. The molecule has 4 nitrogen and oxygen atoms in total. The molecule has 0 aromatic carbocycles. The molecular formula is C16H27N3OS. The van der Waals surface area contributed by atoms with E-state index in [4.69, 9.17) is 5.73 Å². The van der Waals surface area contributed by atoms with Gasteiger partial charge < -0.3 is 16.4 Å². The molecule has 0 saturated carbocycles. The Morgan fingerprint density at radius 2 is 2.29 bits per heavy atom. The van der Waals surface area contributed by atoms with Crippen LogP contribution in [0.4, 0.5) is 10.7 Å². The zero-order valence-corrected chi connectivity index (χ0v) is 13.9. The third-order valence-corrected chi connectivity index (χ3v) is 4.59. The summed E-state index contributed by atoms with van der Waals surface area (Å²) in [7, 11) is 0. The zero-order chi connectivity index (χ0) is 15.7. The van der Waals surface area contributed by atoms with Crippen LogP contribution in [0.5, 0.6) is 0 Å².